The monoisotopic (exact) mass is 406 g/mol. The number of ether oxygens (including phenoxy) is 3. The average Bonchev–Trinajstić information content (AvgIpc) is 3.35. The minimum absolute atomic E-state index is 0.165. The number of nitrogens with two attached hydrogens (primary N) is 1. The van der Waals surface area contributed by atoms with Crippen molar-refractivity contribution >= 4 is 17.7 Å². The summed E-state index contributed by atoms with van der Waals surface area (Å²) in [5.74, 6) is 2.75. The van der Waals surface area contributed by atoms with Crippen molar-refractivity contribution < 1.29 is 19.0 Å². The van der Waals surface area contributed by atoms with Gasteiger partial charge < -0.3 is 24.5 Å². The molecule has 8 nitrogen and oxygen atoms in total. The molecule has 0 radical (unpaired) electrons. The van der Waals surface area contributed by atoms with E-state index in [1.807, 2.05) is 24.3 Å². The highest BCUT2D eigenvalue weighted by Gasteiger charge is 2.21. The highest BCUT2D eigenvalue weighted by atomic mass is 32.2. The van der Waals surface area contributed by atoms with Crippen LogP contribution >= 0.6 is 11.8 Å². The van der Waals surface area contributed by atoms with Gasteiger partial charge in [-0.2, -0.15) is 0 Å². The minimum atomic E-state index is -0.339. The highest BCUT2D eigenvalue weighted by Crippen LogP contribution is 2.23. The molecule has 2 aromatic rings. The molecule has 1 aromatic carbocycles. The van der Waals surface area contributed by atoms with E-state index in [0.29, 0.717) is 19.6 Å². The standard InChI is InChI=1S/C19H26N4O4S/c1-25-14-4-6-15(7-5-14)27-11-12-28-19-22-21-18(9-8-17(20)24)23(19)13-16-3-2-10-26-16/h4-7,16H,2-3,8-13H2,1H3,(H2,20,24). The van der Waals surface area contributed by atoms with Crippen LogP contribution in [0.15, 0.2) is 29.4 Å². The number of methoxy groups -OCH3 is 1. The first-order valence-corrected chi connectivity index (χ1v) is 10.4. The van der Waals surface area contributed by atoms with Gasteiger partial charge in [0.1, 0.15) is 17.3 Å². The zero-order chi connectivity index (χ0) is 19.8. The van der Waals surface area contributed by atoms with Gasteiger partial charge in [0.15, 0.2) is 5.16 Å². The number of rotatable bonds is 11. The molecule has 1 fully saturated rings. The third kappa shape index (κ3) is 5.87. The van der Waals surface area contributed by atoms with Crippen LogP contribution in [-0.2, 0) is 22.5 Å². The van der Waals surface area contributed by atoms with Gasteiger partial charge in [0.25, 0.3) is 0 Å². The number of carbonyl (C=O) groups is 1. The molecule has 1 atom stereocenters. The number of hydrogen-bond donors (Lipinski definition) is 1. The lowest BCUT2D eigenvalue weighted by atomic mass is 10.2. The molecule has 1 aromatic heterocycles. The Kier molecular flexibility index (Phi) is 7.55. The predicted molar refractivity (Wildman–Crippen MR) is 106 cm³/mol. The van der Waals surface area contributed by atoms with Crippen LogP contribution in [0.25, 0.3) is 0 Å². The van der Waals surface area contributed by atoms with Crippen molar-refractivity contribution in [3.63, 3.8) is 0 Å². The Bertz CT molecular complexity index is 760. The third-order valence-corrected chi connectivity index (χ3v) is 5.37. The fourth-order valence-electron chi connectivity index (χ4n) is 2.99. The number of carbonyl (C=O) groups excluding carboxylic acids is 1. The normalized spacial score (nSPS) is 16.2. The minimum Gasteiger partial charge on any atom is -0.497 e. The van der Waals surface area contributed by atoms with Crippen LogP contribution in [0.4, 0.5) is 0 Å². The summed E-state index contributed by atoms with van der Waals surface area (Å²) in [7, 11) is 1.64. The van der Waals surface area contributed by atoms with Crippen molar-refractivity contribution in [2.75, 3.05) is 26.1 Å². The Morgan fingerprint density at radius 2 is 2.11 bits per heavy atom. The van der Waals surface area contributed by atoms with Crippen molar-refractivity contribution in [3.8, 4) is 11.5 Å². The van der Waals surface area contributed by atoms with E-state index in [1.54, 1.807) is 18.9 Å². The molecule has 1 aliphatic rings. The van der Waals surface area contributed by atoms with Crippen LogP contribution in [-0.4, -0.2) is 52.9 Å². The molecule has 28 heavy (non-hydrogen) atoms. The summed E-state index contributed by atoms with van der Waals surface area (Å²) in [5.41, 5.74) is 5.28. The molecular weight excluding hydrogens is 380 g/mol. The number of benzene rings is 1. The van der Waals surface area contributed by atoms with Crippen LogP contribution in [0.5, 0.6) is 11.5 Å². The Hall–Kier alpha value is -2.26. The first-order chi connectivity index (χ1) is 13.7. The number of amides is 1. The molecule has 2 N–H and O–H groups in total. The Morgan fingerprint density at radius 3 is 2.79 bits per heavy atom. The lowest BCUT2D eigenvalue weighted by molar-refractivity contribution is -0.118. The van der Waals surface area contributed by atoms with Crippen molar-refractivity contribution in [1.82, 2.24) is 14.8 Å². The second-order valence-electron chi connectivity index (χ2n) is 6.48. The van der Waals surface area contributed by atoms with Gasteiger partial charge in [-0.1, -0.05) is 11.8 Å². The van der Waals surface area contributed by atoms with Crippen LogP contribution in [0.3, 0.4) is 0 Å². The topological polar surface area (TPSA) is 101 Å². The molecule has 0 aliphatic carbocycles. The molecule has 0 bridgehead atoms. The van der Waals surface area contributed by atoms with E-state index < -0.39 is 0 Å². The number of hydrogen-bond acceptors (Lipinski definition) is 7. The second kappa shape index (κ2) is 10.3. The van der Waals surface area contributed by atoms with Crippen molar-refractivity contribution in [2.24, 2.45) is 5.73 Å². The predicted octanol–water partition coefficient (Wildman–Crippen LogP) is 2.05. The highest BCUT2D eigenvalue weighted by molar-refractivity contribution is 7.99. The number of nitrogens with zero attached hydrogens (tertiary/aromatic N) is 3. The first-order valence-electron chi connectivity index (χ1n) is 9.37. The molecular formula is C19H26N4O4S. The average molecular weight is 407 g/mol. The third-order valence-electron chi connectivity index (χ3n) is 4.44. The molecule has 9 heteroatoms. The summed E-state index contributed by atoms with van der Waals surface area (Å²) in [5, 5.41) is 9.37. The summed E-state index contributed by atoms with van der Waals surface area (Å²) in [4.78, 5) is 11.1. The number of primary amides is 1. The van der Waals surface area contributed by atoms with E-state index in [-0.39, 0.29) is 18.4 Å². The van der Waals surface area contributed by atoms with Gasteiger partial charge in [-0.15, -0.1) is 10.2 Å². The Labute approximate surface area is 168 Å². The van der Waals surface area contributed by atoms with Gasteiger partial charge in [0, 0.05) is 25.2 Å². The van der Waals surface area contributed by atoms with Crippen molar-refractivity contribution in [2.45, 2.75) is 43.5 Å². The zero-order valence-corrected chi connectivity index (χ0v) is 16.8. The number of thioether (sulfide) groups is 1. The fourth-order valence-corrected chi connectivity index (χ4v) is 3.77. The van der Waals surface area contributed by atoms with E-state index in [9.17, 15) is 4.79 Å². The summed E-state index contributed by atoms with van der Waals surface area (Å²) in [6.07, 6.45) is 3.00. The Morgan fingerprint density at radius 1 is 1.32 bits per heavy atom. The lowest BCUT2D eigenvalue weighted by Gasteiger charge is -2.14. The van der Waals surface area contributed by atoms with Crippen LogP contribution < -0.4 is 15.2 Å². The summed E-state index contributed by atoms with van der Waals surface area (Å²) in [6.45, 7) is 2.03. The molecule has 1 saturated heterocycles. The van der Waals surface area contributed by atoms with Crippen LogP contribution in [0, 0.1) is 0 Å². The molecule has 1 aliphatic heterocycles. The molecule has 3 rings (SSSR count). The van der Waals surface area contributed by atoms with Crippen molar-refractivity contribution in [1.29, 1.82) is 0 Å². The Balaban J connectivity index is 1.55. The van der Waals surface area contributed by atoms with Crippen LogP contribution in [0.1, 0.15) is 25.1 Å². The maximum atomic E-state index is 11.1. The van der Waals surface area contributed by atoms with E-state index >= 15 is 0 Å². The van der Waals surface area contributed by atoms with Gasteiger partial charge in [-0.05, 0) is 37.1 Å². The number of aryl methyl sites for hydroxylation is 1. The van der Waals surface area contributed by atoms with Gasteiger partial charge in [-0.25, -0.2) is 0 Å². The molecule has 0 saturated carbocycles. The van der Waals surface area contributed by atoms with Crippen LogP contribution in [0.2, 0.25) is 0 Å². The quantitative estimate of drug-likeness (QED) is 0.450. The summed E-state index contributed by atoms with van der Waals surface area (Å²) >= 11 is 1.58. The molecule has 1 amide bonds. The zero-order valence-electron chi connectivity index (χ0n) is 16.0. The van der Waals surface area contributed by atoms with E-state index in [0.717, 1.165) is 47.7 Å². The van der Waals surface area contributed by atoms with E-state index in [1.165, 1.54) is 0 Å². The maximum Gasteiger partial charge on any atom is 0.217 e. The lowest BCUT2D eigenvalue weighted by Crippen LogP contribution is -2.19. The first kappa shape index (κ1) is 20.5. The van der Waals surface area contributed by atoms with Gasteiger partial charge >= 0.3 is 0 Å². The second-order valence-corrected chi connectivity index (χ2v) is 7.55. The molecule has 152 valence electrons. The van der Waals surface area contributed by atoms with Gasteiger partial charge in [0.05, 0.1) is 26.4 Å². The summed E-state index contributed by atoms with van der Waals surface area (Å²) in [6, 6.07) is 7.49. The molecule has 2 heterocycles. The van der Waals surface area contributed by atoms with Gasteiger partial charge in [0.2, 0.25) is 5.91 Å². The smallest absolute Gasteiger partial charge is 0.217 e. The summed E-state index contributed by atoms with van der Waals surface area (Å²) < 4.78 is 18.7. The largest absolute Gasteiger partial charge is 0.497 e. The maximum absolute atomic E-state index is 11.1. The van der Waals surface area contributed by atoms with Gasteiger partial charge in [-0.3, -0.25) is 4.79 Å². The fraction of sp³-hybridized carbons (Fsp3) is 0.526. The SMILES string of the molecule is COc1ccc(OCCSc2nnc(CCC(N)=O)n2CC2CCCO2)cc1. The molecule has 0 spiro atoms. The molecule has 1 unspecified atom stereocenters. The van der Waals surface area contributed by atoms with Crippen molar-refractivity contribution in [3.05, 3.63) is 30.1 Å². The van der Waals surface area contributed by atoms with E-state index in [4.69, 9.17) is 19.9 Å². The number of aromatic nitrogens is 3. The van der Waals surface area contributed by atoms with E-state index in [2.05, 4.69) is 14.8 Å².